The van der Waals surface area contributed by atoms with Crippen LogP contribution < -0.4 is 0 Å². The Morgan fingerprint density at radius 3 is 1.93 bits per heavy atom. The Hall–Kier alpha value is -2.69. The Balaban J connectivity index is 0.933. The molecule has 1 aromatic rings. The van der Waals surface area contributed by atoms with E-state index in [1.165, 1.54) is 14.0 Å². The molecule has 3 unspecified atom stereocenters. The molecule has 3 aliphatic heterocycles. The molecule has 23 atom stereocenters. The number of aliphatic hydroxyl groups is 4. The lowest BCUT2D eigenvalue weighted by Gasteiger charge is -2.67. The molecule has 18 heteroatoms. The minimum Gasteiger partial charge on any atom is -0.457 e. The van der Waals surface area contributed by atoms with Gasteiger partial charge >= 0.3 is 11.9 Å². The highest BCUT2D eigenvalue weighted by molar-refractivity contribution is 5.90. The number of fused-ring (bicyclic) bond motifs is 5. The Morgan fingerprint density at radius 2 is 1.33 bits per heavy atom. The van der Waals surface area contributed by atoms with E-state index in [1.54, 1.807) is 58.4 Å². The van der Waals surface area contributed by atoms with Crippen LogP contribution in [0, 0.1) is 34.5 Å². The lowest BCUT2D eigenvalue weighted by Crippen LogP contribution is -2.76. The summed E-state index contributed by atoms with van der Waals surface area (Å²) in [5.74, 6) is -3.07. The van der Waals surface area contributed by atoms with Crippen molar-refractivity contribution in [2.24, 2.45) is 34.5 Å². The first-order chi connectivity index (χ1) is 34.0. The van der Waals surface area contributed by atoms with E-state index < -0.39 is 138 Å². The van der Waals surface area contributed by atoms with Crippen LogP contribution in [0.15, 0.2) is 30.3 Å². The highest BCUT2D eigenvalue weighted by Crippen LogP contribution is 2.71. The predicted molar refractivity (Wildman–Crippen MR) is 256 cm³/mol. The van der Waals surface area contributed by atoms with Crippen LogP contribution in [0.1, 0.15) is 130 Å². The second-order valence-electron chi connectivity index (χ2n) is 23.0. The number of rotatable bonds is 15. The fourth-order valence-corrected chi connectivity index (χ4v) is 14.6. The molecule has 0 aromatic heterocycles. The molecular formula is C54H82O18. The van der Waals surface area contributed by atoms with Gasteiger partial charge in [-0.1, -0.05) is 45.9 Å². The third-order valence-electron chi connectivity index (χ3n) is 18.3. The van der Waals surface area contributed by atoms with Gasteiger partial charge in [0, 0.05) is 46.0 Å². The van der Waals surface area contributed by atoms with Crippen LogP contribution in [-0.4, -0.2) is 169 Å². The maximum atomic E-state index is 14.0. The summed E-state index contributed by atoms with van der Waals surface area (Å²) >= 11 is 0. The van der Waals surface area contributed by atoms with Gasteiger partial charge in [0.2, 0.25) is 0 Å². The van der Waals surface area contributed by atoms with Crippen molar-refractivity contribution in [1.29, 1.82) is 0 Å². The van der Waals surface area contributed by atoms with Gasteiger partial charge in [0.15, 0.2) is 31.1 Å². The molecule has 406 valence electrons. The van der Waals surface area contributed by atoms with Crippen molar-refractivity contribution in [3.05, 3.63) is 35.9 Å². The average molecular weight is 1020 g/mol. The molecule has 4 saturated carbocycles. The molecule has 0 amide bonds. The van der Waals surface area contributed by atoms with Crippen LogP contribution in [0.3, 0.4) is 0 Å². The van der Waals surface area contributed by atoms with Crippen LogP contribution in [-0.2, 0) is 61.7 Å². The molecule has 0 bridgehead atoms. The van der Waals surface area contributed by atoms with E-state index in [1.807, 2.05) is 27.7 Å². The number of ketones is 1. The average Bonchev–Trinajstić information content (AvgIpc) is 3.52. The van der Waals surface area contributed by atoms with Gasteiger partial charge in [-0.15, -0.1) is 0 Å². The van der Waals surface area contributed by atoms with Gasteiger partial charge in [0.05, 0.1) is 48.1 Å². The van der Waals surface area contributed by atoms with Gasteiger partial charge in [-0.25, -0.2) is 4.79 Å². The van der Waals surface area contributed by atoms with E-state index in [0.29, 0.717) is 51.4 Å². The van der Waals surface area contributed by atoms with Gasteiger partial charge in [-0.05, 0) is 108 Å². The molecule has 72 heavy (non-hydrogen) atoms. The minimum absolute atomic E-state index is 0.0514. The van der Waals surface area contributed by atoms with E-state index in [0.717, 1.165) is 0 Å². The minimum atomic E-state index is -2.15. The Morgan fingerprint density at radius 1 is 0.708 bits per heavy atom. The molecule has 18 nitrogen and oxygen atoms in total. The second kappa shape index (κ2) is 21.7. The van der Waals surface area contributed by atoms with Gasteiger partial charge in [0.25, 0.3) is 0 Å². The molecule has 8 rings (SSSR count). The fraction of sp³-hybridized carbons (Fsp3) is 0.833. The number of benzene rings is 1. The summed E-state index contributed by atoms with van der Waals surface area (Å²) in [5, 5.41) is 48.4. The molecule has 0 radical (unpaired) electrons. The van der Waals surface area contributed by atoms with Crippen molar-refractivity contribution in [3.63, 3.8) is 0 Å². The monoisotopic (exact) mass is 1020 g/mol. The lowest BCUT2D eigenvalue weighted by molar-refractivity contribution is -0.352. The molecule has 0 spiro atoms. The highest BCUT2D eigenvalue weighted by atomic mass is 16.8. The van der Waals surface area contributed by atoms with Crippen LogP contribution >= 0.6 is 0 Å². The highest BCUT2D eigenvalue weighted by Gasteiger charge is 2.82. The summed E-state index contributed by atoms with van der Waals surface area (Å²) in [7, 11) is 4.63. The smallest absolute Gasteiger partial charge is 0.338 e. The largest absolute Gasteiger partial charge is 0.457 e. The van der Waals surface area contributed by atoms with E-state index in [9.17, 15) is 34.8 Å². The topological polar surface area (TPSA) is 234 Å². The summed E-state index contributed by atoms with van der Waals surface area (Å²) < 4.78 is 68.1. The molecule has 4 aliphatic carbocycles. The first kappa shape index (κ1) is 55.5. The van der Waals surface area contributed by atoms with Crippen molar-refractivity contribution in [2.45, 2.75) is 229 Å². The number of carbonyl (C=O) groups is 3. The molecule has 1 aromatic carbocycles. The Kier molecular flexibility index (Phi) is 16.8. The number of Topliss-reactive ketones (excluding diaryl/α,β-unsaturated/α-hetero) is 1. The van der Waals surface area contributed by atoms with Crippen LogP contribution in [0.25, 0.3) is 0 Å². The van der Waals surface area contributed by atoms with Gasteiger partial charge in [-0.3, -0.25) is 9.59 Å². The number of esters is 2. The zero-order chi connectivity index (χ0) is 52.2. The summed E-state index contributed by atoms with van der Waals surface area (Å²) in [5.41, 5.74) is -5.50. The first-order valence-electron chi connectivity index (χ1n) is 26.3. The van der Waals surface area contributed by atoms with E-state index >= 15 is 0 Å². The van der Waals surface area contributed by atoms with Gasteiger partial charge < -0.3 is 72.5 Å². The third-order valence-corrected chi connectivity index (χ3v) is 18.3. The van der Waals surface area contributed by atoms with Gasteiger partial charge in [-0.2, -0.15) is 0 Å². The van der Waals surface area contributed by atoms with Crippen LogP contribution in [0.5, 0.6) is 0 Å². The number of methoxy groups -OCH3 is 3. The fourth-order valence-electron chi connectivity index (χ4n) is 14.6. The van der Waals surface area contributed by atoms with E-state index in [4.69, 9.17) is 52.1 Å². The van der Waals surface area contributed by atoms with Crippen molar-refractivity contribution in [3.8, 4) is 0 Å². The molecule has 7 aliphatic rings. The van der Waals surface area contributed by atoms with Crippen molar-refractivity contribution in [2.75, 3.05) is 21.3 Å². The maximum absolute atomic E-state index is 14.0. The number of carbonyl (C=O) groups excluding carboxylic acids is 3. The van der Waals surface area contributed by atoms with Crippen LogP contribution in [0.4, 0.5) is 0 Å². The standard InChI is InChI=1S/C54H82O18/c1-27(2)23-38(56)69-46-41(28(3)55)52(8)21-19-37-51(7)20-18-34(24-33(51)17-22-53(37,60)54(52,61)48(46)72-49(59)32-15-13-12-14-16-32)68-39-25-35(62-9)44(30(5)65-39)70-40-26-36(63-10)45(31(6)66-40)71-50-43(58)47(64-11)42(57)29(4)67-50/h12-16,27,29-31,33-37,39-48,50,57-58,60-61H,17-26H2,1-11H3/t29-,30-,31+,33?,34+,35+,36+,37?,39+,40?,41+,42-,43-,44-,45+,46+,47-,48-,50+,51+,52-,53+,54-/m1/s1. The normalized spacial score (nSPS) is 47.2. The summed E-state index contributed by atoms with van der Waals surface area (Å²) in [6.45, 7) is 14.6. The Labute approximate surface area is 424 Å². The third kappa shape index (κ3) is 9.85. The number of ether oxygens (including phenoxy) is 11. The quantitative estimate of drug-likeness (QED) is 0.136. The lowest BCUT2D eigenvalue weighted by atomic mass is 9.41. The Bertz CT molecular complexity index is 2040. The first-order valence-corrected chi connectivity index (χ1v) is 26.3. The van der Waals surface area contributed by atoms with E-state index in [-0.39, 0.29) is 42.1 Å². The summed E-state index contributed by atoms with van der Waals surface area (Å²) in [6.07, 6.45) is -7.94. The zero-order valence-electron chi connectivity index (χ0n) is 44.0. The van der Waals surface area contributed by atoms with Crippen molar-refractivity contribution in [1.82, 2.24) is 0 Å². The summed E-state index contributed by atoms with van der Waals surface area (Å²) in [4.78, 5) is 41.3. The molecule has 3 saturated heterocycles. The van der Waals surface area contributed by atoms with Crippen LogP contribution in [0.2, 0.25) is 0 Å². The molecule has 4 N–H and O–H groups in total. The number of hydrogen-bond acceptors (Lipinski definition) is 18. The molecule has 3 heterocycles. The zero-order valence-corrected chi connectivity index (χ0v) is 44.0. The van der Waals surface area contributed by atoms with E-state index in [2.05, 4.69) is 6.92 Å². The number of aliphatic hydroxyl groups excluding tert-OH is 2. The number of hydrogen-bond donors (Lipinski definition) is 4. The van der Waals surface area contributed by atoms with Gasteiger partial charge in [0.1, 0.15) is 47.5 Å². The summed E-state index contributed by atoms with van der Waals surface area (Å²) in [6, 6.07) is 8.36. The SMILES string of the molecule is CO[C@H]1[C@@H](O)[C@H](O[C@H]2[C@H](C)OC(O[C@H]3[C@@H](OC)C[C@H](O[C@H]4CC[C@@]5(C)C(CC[C@]6(O)C5CC[C@]5(C)[C@@H](C(C)=O)[C@H](OC(=O)CC(C)C)[C@@H](OC(=O)c7ccccc7)[C@]65O)C4)O[C@@H]3C)C[C@@H]2OC)O[C@H](C)[C@H]1O. The second-order valence-corrected chi connectivity index (χ2v) is 23.0. The predicted octanol–water partition coefficient (Wildman–Crippen LogP) is 4.80. The molecule has 7 fully saturated rings. The van der Waals surface area contributed by atoms with Crippen molar-refractivity contribution < 1.29 is 86.9 Å². The van der Waals surface area contributed by atoms with Crippen molar-refractivity contribution >= 4 is 17.7 Å². The molecular weight excluding hydrogens is 937 g/mol. The maximum Gasteiger partial charge on any atom is 0.338 e.